The van der Waals surface area contributed by atoms with Gasteiger partial charge in [0.15, 0.2) is 6.10 Å². The second-order valence-corrected chi connectivity index (χ2v) is 3.96. The zero-order valence-corrected chi connectivity index (χ0v) is 10.1. The van der Waals surface area contributed by atoms with Gasteiger partial charge in [-0.15, -0.1) is 0 Å². The second-order valence-electron chi connectivity index (χ2n) is 3.11. The molecule has 0 fully saturated rings. The first-order valence-electron chi connectivity index (χ1n) is 4.46. The molecule has 0 spiro atoms. The highest BCUT2D eigenvalue weighted by molar-refractivity contribution is 9.10. The van der Waals surface area contributed by atoms with Gasteiger partial charge in [0.2, 0.25) is 0 Å². The number of benzene rings is 1. The van der Waals surface area contributed by atoms with Gasteiger partial charge in [-0.2, -0.15) is 0 Å². The molecule has 86 valence electrons. The molecule has 16 heavy (non-hydrogen) atoms. The van der Waals surface area contributed by atoms with E-state index in [4.69, 9.17) is 9.84 Å². The Bertz CT molecular complexity index is 431. The maximum atomic E-state index is 13.2. The molecule has 1 aromatic carbocycles. The molecule has 0 aliphatic heterocycles. The largest absolute Gasteiger partial charge is 0.479 e. The van der Waals surface area contributed by atoms with Crippen molar-refractivity contribution in [2.75, 3.05) is 0 Å². The van der Waals surface area contributed by atoms with Crippen LogP contribution in [0.3, 0.4) is 0 Å². The third-order valence-corrected chi connectivity index (χ3v) is 2.53. The molecule has 0 aromatic heterocycles. The monoisotopic (exact) mass is 288 g/mol. The van der Waals surface area contributed by atoms with Crippen molar-refractivity contribution in [3.63, 3.8) is 0 Å². The Kier molecular flexibility index (Phi) is 4.06. The fourth-order valence-corrected chi connectivity index (χ4v) is 1.41. The van der Waals surface area contributed by atoms with E-state index in [2.05, 4.69) is 22.5 Å². The maximum Gasteiger partial charge on any atom is 0.344 e. The summed E-state index contributed by atoms with van der Waals surface area (Å²) in [5.41, 5.74) is 0.529. The first-order chi connectivity index (χ1) is 7.45. The predicted octanol–water partition coefficient (Wildman–Crippen LogP) is 3.08. The van der Waals surface area contributed by atoms with E-state index in [-0.39, 0.29) is 10.2 Å². The summed E-state index contributed by atoms with van der Waals surface area (Å²) in [6.07, 6.45) is 0.424. The number of hydrogen-bond acceptors (Lipinski definition) is 2. The second kappa shape index (κ2) is 5.12. The van der Waals surface area contributed by atoms with Crippen LogP contribution in [-0.2, 0) is 4.79 Å². The zero-order chi connectivity index (χ0) is 12.3. The Hall–Kier alpha value is -1.36. The molecule has 0 aliphatic carbocycles. The molecule has 0 amide bonds. The first kappa shape index (κ1) is 12.7. The average Bonchev–Trinajstić information content (AvgIpc) is 2.22. The molecule has 0 aliphatic rings. The van der Waals surface area contributed by atoms with Gasteiger partial charge in [-0.25, -0.2) is 9.18 Å². The summed E-state index contributed by atoms with van der Waals surface area (Å²) in [6.45, 7) is 4.91. The molecule has 3 nitrogen and oxygen atoms in total. The van der Waals surface area contributed by atoms with Crippen LogP contribution in [0.4, 0.5) is 4.39 Å². The standard InChI is InChI=1S/C11H10BrFO3/c1-3-7-4-8(12)9(13)5-10(7)16-6(2)11(14)15/h3-6H,1H2,2H3,(H,14,15). The van der Waals surface area contributed by atoms with Crippen molar-refractivity contribution >= 4 is 28.0 Å². The summed E-state index contributed by atoms with van der Waals surface area (Å²) < 4.78 is 18.6. The number of aliphatic carboxylic acids is 1. The van der Waals surface area contributed by atoms with E-state index in [1.54, 1.807) is 0 Å². The van der Waals surface area contributed by atoms with Crippen LogP contribution in [-0.4, -0.2) is 17.2 Å². The van der Waals surface area contributed by atoms with Gasteiger partial charge in [-0.1, -0.05) is 12.7 Å². The zero-order valence-electron chi connectivity index (χ0n) is 8.54. The average molecular weight is 289 g/mol. The Labute approximate surface area is 101 Å². The van der Waals surface area contributed by atoms with Crippen molar-refractivity contribution in [1.29, 1.82) is 0 Å². The molecular weight excluding hydrogens is 279 g/mol. The van der Waals surface area contributed by atoms with Crippen LogP contribution in [0.15, 0.2) is 23.2 Å². The van der Waals surface area contributed by atoms with Gasteiger partial charge >= 0.3 is 5.97 Å². The van der Waals surface area contributed by atoms with Gasteiger partial charge in [-0.05, 0) is 28.9 Å². The quantitative estimate of drug-likeness (QED) is 0.926. The fraction of sp³-hybridized carbons (Fsp3) is 0.182. The van der Waals surface area contributed by atoms with Crippen molar-refractivity contribution in [1.82, 2.24) is 0 Å². The van der Waals surface area contributed by atoms with E-state index < -0.39 is 17.9 Å². The van der Waals surface area contributed by atoms with E-state index in [1.807, 2.05) is 0 Å². The summed E-state index contributed by atoms with van der Waals surface area (Å²) >= 11 is 3.02. The number of carboxylic acid groups (broad SMARTS) is 1. The lowest BCUT2D eigenvalue weighted by Crippen LogP contribution is -2.23. The van der Waals surface area contributed by atoms with E-state index in [9.17, 15) is 9.18 Å². The number of carbonyl (C=O) groups is 1. The van der Waals surface area contributed by atoms with Crippen molar-refractivity contribution in [3.8, 4) is 5.75 Å². The Morgan fingerprint density at radius 2 is 2.31 bits per heavy atom. The minimum Gasteiger partial charge on any atom is -0.479 e. The smallest absolute Gasteiger partial charge is 0.344 e. The van der Waals surface area contributed by atoms with Gasteiger partial charge in [0.05, 0.1) is 4.47 Å². The van der Waals surface area contributed by atoms with Crippen LogP contribution in [0.25, 0.3) is 6.08 Å². The van der Waals surface area contributed by atoms with Crippen LogP contribution in [0.2, 0.25) is 0 Å². The predicted molar refractivity (Wildman–Crippen MR) is 61.9 cm³/mol. The molecule has 5 heteroatoms. The SMILES string of the molecule is C=Cc1cc(Br)c(F)cc1OC(C)C(=O)O. The maximum absolute atomic E-state index is 13.2. The third kappa shape index (κ3) is 2.82. The van der Waals surface area contributed by atoms with E-state index in [1.165, 1.54) is 19.1 Å². The van der Waals surface area contributed by atoms with Gasteiger partial charge in [0.1, 0.15) is 11.6 Å². The van der Waals surface area contributed by atoms with Gasteiger partial charge in [-0.3, -0.25) is 0 Å². The minimum atomic E-state index is -1.11. The number of halogens is 2. The highest BCUT2D eigenvalue weighted by Crippen LogP contribution is 2.28. The molecule has 1 N–H and O–H groups in total. The normalized spacial score (nSPS) is 11.9. The summed E-state index contributed by atoms with van der Waals surface area (Å²) in [7, 11) is 0. The summed E-state index contributed by atoms with van der Waals surface area (Å²) in [4.78, 5) is 10.6. The lowest BCUT2D eigenvalue weighted by Gasteiger charge is -2.13. The van der Waals surface area contributed by atoms with E-state index in [0.717, 1.165) is 6.07 Å². The van der Waals surface area contributed by atoms with Gasteiger partial charge < -0.3 is 9.84 Å². The lowest BCUT2D eigenvalue weighted by atomic mass is 10.2. The third-order valence-electron chi connectivity index (χ3n) is 1.92. The first-order valence-corrected chi connectivity index (χ1v) is 5.26. The topological polar surface area (TPSA) is 46.5 Å². The van der Waals surface area contributed by atoms with Gasteiger partial charge in [0.25, 0.3) is 0 Å². The number of carboxylic acids is 1. The molecule has 1 unspecified atom stereocenters. The molecule has 0 radical (unpaired) electrons. The molecule has 0 bridgehead atoms. The summed E-state index contributed by atoms with van der Waals surface area (Å²) in [5.74, 6) is -1.47. The van der Waals surface area contributed by atoms with E-state index in [0.29, 0.717) is 5.56 Å². The molecule has 0 saturated carbocycles. The highest BCUT2D eigenvalue weighted by Gasteiger charge is 2.15. The van der Waals surface area contributed by atoms with Crippen LogP contribution >= 0.6 is 15.9 Å². The molecule has 0 saturated heterocycles. The minimum absolute atomic E-state index is 0.158. The van der Waals surface area contributed by atoms with Crippen molar-refractivity contribution in [2.24, 2.45) is 0 Å². The van der Waals surface area contributed by atoms with Crippen LogP contribution in [0.1, 0.15) is 12.5 Å². The Morgan fingerprint density at radius 1 is 1.69 bits per heavy atom. The van der Waals surface area contributed by atoms with Crippen LogP contribution < -0.4 is 4.74 Å². The number of hydrogen-bond donors (Lipinski definition) is 1. The molecule has 1 rings (SSSR count). The number of ether oxygens (including phenoxy) is 1. The van der Waals surface area contributed by atoms with Crippen molar-refractivity contribution in [3.05, 3.63) is 34.6 Å². The molecule has 1 atom stereocenters. The van der Waals surface area contributed by atoms with Gasteiger partial charge in [0, 0.05) is 11.6 Å². The molecule has 0 heterocycles. The molecular formula is C11H10BrFO3. The van der Waals surface area contributed by atoms with Crippen LogP contribution in [0, 0.1) is 5.82 Å². The van der Waals surface area contributed by atoms with Crippen LogP contribution in [0.5, 0.6) is 5.75 Å². The number of rotatable bonds is 4. The lowest BCUT2D eigenvalue weighted by molar-refractivity contribution is -0.144. The Balaban J connectivity index is 3.07. The highest BCUT2D eigenvalue weighted by atomic mass is 79.9. The Morgan fingerprint density at radius 3 is 2.81 bits per heavy atom. The summed E-state index contributed by atoms with van der Waals surface area (Å²) in [5, 5.41) is 8.68. The summed E-state index contributed by atoms with van der Waals surface area (Å²) in [6, 6.07) is 2.60. The van der Waals surface area contributed by atoms with Crippen molar-refractivity contribution < 1.29 is 19.0 Å². The van der Waals surface area contributed by atoms with Crippen molar-refractivity contribution in [2.45, 2.75) is 13.0 Å². The van der Waals surface area contributed by atoms with E-state index >= 15 is 0 Å². The fourth-order valence-electron chi connectivity index (χ4n) is 1.05. The molecule has 1 aromatic rings.